The summed E-state index contributed by atoms with van der Waals surface area (Å²) in [6, 6.07) is 31.4. The van der Waals surface area contributed by atoms with Crippen LogP contribution >= 0.6 is 0 Å². The molecule has 40 heavy (non-hydrogen) atoms. The maximum absolute atomic E-state index is 14.2. The molecule has 0 saturated carbocycles. The zero-order valence-corrected chi connectivity index (χ0v) is 22.7. The molecule has 1 aromatic heterocycles. The molecule has 4 aromatic rings. The molecule has 0 aliphatic carbocycles. The number of nitrogens with zero attached hydrogens (tertiary/aromatic N) is 4. The van der Waals surface area contributed by atoms with E-state index in [4.69, 9.17) is 4.42 Å². The summed E-state index contributed by atoms with van der Waals surface area (Å²) in [6.07, 6.45) is 2.14. The Kier molecular flexibility index (Phi) is 7.38. The van der Waals surface area contributed by atoms with Crippen LogP contribution < -0.4 is 14.7 Å². The number of fused-ring (bicyclic) bond motifs is 1. The lowest BCUT2D eigenvalue weighted by molar-refractivity contribution is -0.120. The number of benzene rings is 3. The van der Waals surface area contributed by atoms with Gasteiger partial charge >= 0.3 is 0 Å². The zero-order valence-electron chi connectivity index (χ0n) is 22.7. The van der Waals surface area contributed by atoms with Crippen LogP contribution in [0.4, 0.5) is 17.1 Å². The number of hydrogen-bond donors (Lipinski definition) is 0. The van der Waals surface area contributed by atoms with Gasteiger partial charge in [0.15, 0.2) is 5.76 Å². The van der Waals surface area contributed by atoms with Crippen molar-refractivity contribution in [3.8, 4) is 0 Å². The first-order chi connectivity index (χ1) is 19.6. The minimum atomic E-state index is -0.202. The first-order valence-electron chi connectivity index (χ1n) is 14.0. The Labute approximate surface area is 235 Å². The molecule has 2 unspecified atom stereocenters. The molecule has 7 heteroatoms. The molecule has 0 radical (unpaired) electrons. The van der Waals surface area contributed by atoms with E-state index >= 15 is 0 Å². The number of rotatable bonds is 6. The van der Waals surface area contributed by atoms with Crippen LogP contribution in [0.25, 0.3) is 0 Å². The molecule has 204 valence electrons. The highest BCUT2D eigenvalue weighted by Crippen LogP contribution is 2.42. The van der Waals surface area contributed by atoms with Crippen molar-refractivity contribution < 1.29 is 14.0 Å². The van der Waals surface area contributed by atoms with Crippen LogP contribution in [0.2, 0.25) is 0 Å². The largest absolute Gasteiger partial charge is 0.459 e. The second-order valence-corrected chi connectivity index (χ2v) is 10.5. The van der Waals surface area contributed by atoms with Crippen molar-refractivity contribution >= 4 is 28.9 Å². The Morgan fingerprint density at radius 1 is 0.825 bits per heavy atom. The maximum Gasteiger partial charge on any atom is 0.294 e. The Hall–Kier alpha value is -4.36. The Morgan fingerprint density at radius 2 is 1.50 bits per heavy atom. The molecule has 3 heterocycles. The van der Waals surface area contributed by atoms with Gasteiger partial charge in [-0.1, -0.05) is 54.6 Å². The molecule has 1 saturated heterocycles. The average Bonchev–Trinajstić information content (AvgIpc) is 3.54. The highest BCUT2D eigenvalue weighted by atomic mass is 16.3. The lowest BCUT2D eigenvalue weighted by Crippen LogP contribution is -2.52. The third kappa shape index (κ3) is 5.12. The van der Waals surface area contributed by atoms with Crippen LogP contribution in [0.1, 0.15) is 35.5 Å². The molecule has 6 rings (SSSR count). The molecular weight excluding hydrogens is 500 g/mol. The molecule has 2 atom stereocenters. The fourth-order valence-corrected chi connectivity index (χ4v) is 6.01. The van der Waals surface area contributed by atoms with Crippen LogP contribution in [-0.4, -0.2) is 55.5 Å². The summed E-state index contributed by atoms with van der Waals surface area (Å²) in [4.78, 5) is 36.0. The minimum Gasteiger partial charge on any atom is -0.459 e. The van der Waals surface area contributed by atoms with Crippen molar-refractivity contribution in [2.75, 3.05) is 47.4 Å². The number of para-hydroxylation sites is 3. The number of hydrogen-bond acceptors (Lipinski definition) is 5. The predicted octanol–water partition coefficient (Wildman–Crippen LogP) is 5.62. The van der Waals surface area contributed by atoms with Gasteiger partial charge in [-0.15, -0.1) is 0 Å². The van der Waals surface area contributed by atoms with E-state index in [9.17, 15) is 9.59 Å². The highest BCUT2D eigenvalue weighted by Gasteiger charge is 2.39. The van der Waals surface area contributed by atoms with Gasteiger partial charge in [0, 0.05) is 49.3 Å². The molecule has 0 bridgehead atoms. The molecule has 7 nitrogen and oxygen atoms in total. The quantitative estimate of drug-likeness (QED) is 0.322. The van der Waals surface area contributed by atoms with Gasteiger partial charge in [-0.3, -0.25) is 14.5 Å². The molecule has 2 amide bonds. The normalized spacial score (nSPS) is 19.2. The van der Waals surface area contributed by atoms with Crippen LogP contribution in [0.15, 0.2) is 108 Å². The van der Waals surface area contributed by atoms with Gasteiger partial charge in [-0.05, 0) is 61.4 Å². The van der Waals surface area contributed by atoms with E-state index < -0.39 is 0 Å². The van der Waals surface area contributed by atoms with E-state index in [0.717, 1.165) is 43.1 Å². The molecule has 0 spiro atoms. The standard InChI is InChI=1S/C33H34N4O3/c1-25-23-30(28-15-8-9-16-29(28)36(25)33(39)31-17-10-22-40-31)37(27-13-6-3-7-14-27)32(38)24-34-18-20-35(21-19-34)26-11-4-2-5-12-26/h2-17,22,25,30H,18-21,23-24H2,1H3. The number of furan rings is 1. The summed E-state index contributed by atoms with van der Waals surface area (Å²) in [7, 11) is 0. The van der Waals surface area contributed by atoms with Crippen molar-refractivity contribution in [3.05, 3.63) is 115 Å². The van der Waals surface area contributed by atoms with Crippen molar-refractivity contribution in [3.63, 3.8) is 0 Å². The van der Waals surface area contributed by atoms with Gasteiger partial charge in [0.25, 0.3) is 5.91 Å². The van der Waals surface area contributed by atoms with Gasteiger partial charge in [-0.2, -0.15) is 0 Å². The third-order valence-electron chi connectivity index (χ3n) is 7.98. The SMILES string of the molecule is CC1CC(N(C(=O)CN2CCN(c3ccccc3)CC2)c2ccccc2)c2ccccc2N1C(=O)c1ccco1. The second kappa shape index (κ2) is 11.4. The Bertz CT molecular complexity index is 1430. The fraction of sp³-hybridized carbons (Fsp3) is 0.273. The summed E-state index contributed by atoms with van der Waals surface area (Å²) in [5.41, 5.74) is 3.87. The van der Waals surface area contributed by atoms with Crippen molar-refractivity contribution in [2.24, 2.45) is 0 Å². The molecule has 0 N–H and O–H groups in total. The maximum atomic E-state index is 14.2. The predicted molar refractivity (Wildman–Crippen MR) is 158 cm³/mol. The highest BCUT2D eigenvalue weighted by molar-refractivity contribution is 6.06. The van der Waals surface area contributed by atoms with Crippen molar-refractivity contribution in [1.29, 1.82) is 0 Å². The number of anilines is 3. The summed E-state index contributed by atoms with van der Waals surface area (Å²) in [5, 5.41) is 0. The lowest BCUT2D eigenvalue weighted by atomic mass is 9.89. The molecule has 3 aromatic carbocycles. The van der Waals surface area contributed by atoms with Gasteiger partial charge in [-0.25, -0.2) is 0 Å². The summed E-state index contributed by atoms with van der Waals surface area (Å²) in [6.45, 7) is 5.81. The van der Waals surface area contributed by atoms with Crippen LogP contribution in [-0.2, 0) is 4.79 Å². The molecule has 2 aliphatic heterocycles. The topological polar surface area (TPSA) is 60.2 Å². The average molecular weight is 535 g/mol. The minimum absolute atomic E-state index is 0.0668. The molecular formula is C33H34N4O3. The van der Waals surface area contributed by atoms with Crippen molar-refractivity contribution in [1.82, 2.24) is 4.90 Å². The lowest BCUT2D eigenvalue weighted by Gasteiger charge is -2.44. The van der Waals surface area contributed by atoms with Crippen LogP contribution in [0.3, 0.4) is 0 Å². The monoisotopic (exact) mass is 534 g/mol. The van der Waals surface area contributed by atoms with E-state index in [0.29, 0.717) is 18.7 Å². The van der Waals surface area contributed by atoms with E-state index in [2.05, 4.69) is 34.1 Å². The number of carbonyl (C=O) groups is 2. The van der Waals surface area contributed by atoms with Gasteiger partial charge in [0.2, 0.25) is 5.91 Å². The summed E-state index contributed by atoms with van der Waals surface area (Å²) >= 11 is 0. The van der Waals surface area contributed by atoms with E-state index in [-0.39, 0.29) is 23.9 Å². The number of carbonyl (C=O) groups excluding carboxylic acids is 2. The Morgan fingerprint density at radius 3 is 2.20 bits per heavy atom. The van der Waals surface area contributed by atoms with Gasteiger partial charge in [0.05, 0.1) is 18.8 Å². The smallest absolute Gasteiger partial charge is 0.294 e. The van der Waals surface area contributed by atoms with Gasteiger partial charge < -0.3 is 19.1 Å². The van der Waals surface area contributed by atoms with E-state index in [1.807, 2.05) is 72.5 Å². The van der Waals surface area contributed by atoms with Gasteiger partial charge in [0.1, 0.15) is 0 Å². The number of piperazine rings is 1. The second-order valence-electron chi connectivity index (χ2n) is 10.5. The third-order valence-corrected chi connectivity index (χ3v) is 7.98. The first kappa shape index (κ1) is 25.9. The molecule has 1 fully saturated rings. The zero-order chi connectivity index (χ0) is 27.5. The summed E-state index contributed by atoms with van der Waals surface area (Å²) < 4.78 is 5.45. The number of amides is 2. The Balaban J connectivity index is 1.26. The van der Waals surface area contributed by atoms with Crippen LogP contribution in [0.5, 0.6) is 0 Å². The fourth-order valence-electron chi connectivity index (χ4n) is 6.01. The van der Waals surface area contributed by atoms with E-state index in [1.54, 1.807) is 17.0 Å². The van der Waals surface area contributed by atoms with E-state index in [1.165, 1.54) is 12.0 Å². The summed E-state index contributed by atoms with van der Waals surface area (Å²) in [5.74, 6) is 0.209. The van der Waals surface area contributed by atoms with Crippen molar-refractivity contribution in [2.45, 2.75) is 25.4 Å². The van der Waals surface area contributed by atoms with Crippen LogP contribution in [0, 0.1) is 0 Å². The first-order valence-corrected chi connectivity index (χ1v) is 14.0. The molecule has 2 aliphatic rings.